The minimum atomic E-state index is -0.610. The van der Waals surface area contributed by atoms with Gasteiger partial charge in [0.25, 0.3) is 0 Å². The molecule has 2 unspecified atom stereocenters. The smallest absolute Gasteiger partial charge is 0.308 e. The van der Waals surface area contributed by atoms with Crippen LogP contribution >= 0.6 is 15.9 Å². The summed E-state index contributed by atoms with van der Waals surface area (Å²) in [6.45, 7) is 3.18. The van der Waals surface area contributed by atoms with E-state index in [2.05, 4.69) is 15.9 Å². The number of methoxy groups -OCH3 is 1. The second kappa shape index (κ2) is 8.22. The lowest BCUT2D eigenvalue weighted by Crippen LogP contribution is -2.25. The third-order valence-corrected chi connectivity index (χ3v) is 4.45. The molecule has 0 fully saturated rings. The molecule has 2 aromatic carbocycles. The van der Waals surface area contributed by atoms with Crippen molar-refractivity contribution < 1.29 is 19.1 Å². The average molecular weight is 391 g/mol. The Labute approximate surface area is 149 Å². The molecule has 0 aliphatic carbocycles. The van der Waals surface area contributed by atoms with Gasteiger partial charge in [0.15, 0.2) is 5.78 Å². The Morgan fingerprint density at radius 2 is 1.75 bits per heavy atom. The van der Waals surface area contributed by atoms with Gasteiger partial charge >= 0.3 is 5.97 Å². The van der Waals surface area contributed by atoms with Gasteiger partial charge in [-0.1, -0.05) is 57.9 Å². The Bertz CT molecular complexity index is 727. The number of alkyl halides is 1. The number of Topliss-reactive ketones (excluding diaryl/α,β-unsaturated/α-hetero) is 1. The van der Waals surface area contributed by atoms with Crippen molar-refractivity contribution >= 4 is 27.7 Å². The first-order valence-electron chi connectivity index (χ1n) is 7.49. The van der Waals surface area contributed by atoms with Crippen LogP contribution in [0, 0.1) is 6.92 Å². The fraction of sp³-hybridized carbons (Fsp3) is 0.263. The standard InChI is InChI=1S/C19H19BrO4/c1-12-9-10-16(24-13(2)21)15(11-12)18(22)17(20)19(23-3)14-7-5-4-6-8-14/h4-11,17,19H,1-3H3. The zero-order valence-corrected chi connectivity index (χ0v) is 15.4. The molecule has 0 heterocycles. The molecule has 4 nitrogen and oxygen atoms in total. The van der Waals surface area contributed by atoms with Crippen LogP contribution in [0.4, 0.5) is 0 Å². The summed E-state index contributed by atoms with van der Waals surface area (Å²) in [4.78, 5) is 23.6. The Balaban J connectivity index is 2.36. The van der Waals surface area contributed by atoms with Gasteiger partial charge < -0.3 is 9.47 Å². The van der Waals surface area contributed by atoms with Crippen molar-refractivity contribution in [1.82, 2.24) is 0 Å². The van der Waals surface area contributed by atoms with Gasteiger partial charge in [-0.3, -0.25) is 9.59 Å². The molecule has 5 heteroatoms. The third-order valence-electron chi connectivity index (χ3n) is 3.55. The molecule has 0 aromatic heterocycles. The van der Waals surface area contributed by atoms with Crippen LogP contribution in [-0.4, -0.2) is 23.7 Å². The van der Waals surface area contributed by atoms with Crippen molar-refractivity contribution in [2.24, 2.45) is 0 Å². The van der Waals surface area contributed by atoms with E-state index in [1.807, 2.05) is 37.3 Å². The van der Waals surface area contributed by atoms with E-state index in [0.717, 1.165) is 11.1 Å². The molecule has 0 amide bonds. The highest BCUT2D eigenvalue weighted by atomic mass is 79.9. The molecule has 126 valence electrons. The van der Waals surface area contributed by atoms with Gasteiger partial charge in [-0.25, -0.2) is 0 Å². The monoisotopic (exact) mass is 390 g/mol. The summed E-state index contributed by atoms with van der Waals surface area (Å²) in [5.41, 5.74) is 2.14. The molecule has 24 heavy (non-hydrogen) atoms. The number of halogens is 1. The van der Waals surface area contributed by atoms with Crippen LogP contribution in [0.1, 0.15) is 34.5 Å². The van der Waals surface area contributed by atoms with E-state index < -0.39 is 16.9 Å². The Kier molecular flexibility index (Phi) is 6.29. The molecule has 0 saturated heterocycles. The second-order valence-corrected chi connectivity index (χ2v) is 6.41. The molecule has 0 aliphatic rings. The molecule has 0 spiro atoms. The predicted molar refractivity (Wildman–Crippen MR) is 95.7 cm³/mol. The maximum atomic E-state index is 13.0. The number of ketones is 1. The number of carbonyl (C=O) groups is 2. The van der Waals surface area contributed by atoms with Crippen molar-refractivity contribution in [3.8, 4) is 5.75 Å². The first-order chi connectivity index (χ1) is 11.4. The van der Waals surface area contributed by atoms with Crippen LogP contribution in [-0.2, 0) is 9.53 Å². The van der Waals surface area contributed by atoms with E-state index in [9.17, 15) is 9.59 Å². The molecule has 0 N–H and O–H groups in total. The molecule has 0 bridgehead atoms. The van der Waals surface area contributed by atoms with E-state index in [1.54, 1.807) is 25.3 Å². The van der Waals surface area contributed by atoms with Gasteiger partial charge in [0.05, 0.1) is 5.56 Å². The summed E-state index contributed by atoms with van der Waals surface area (Å²) in [5, 5.41) is 0. The average Bonchev–Trinajstić information content (AvgIpc) is 2.57. The predicted octanol–water partition coefficient (Wildman–Crippen LogP) is 4.25. The number of hydrogen-bond acceptors (Lipinski definition) is 4. The number of benzene rings is 2. The van der Waals surface area contributed by atoms with E-state index >= 15 is 0 Å². The van der Waals surface area contributed by atoms with E-state index in [0.29, 0.717) is 5.56 Å². The van der Waals surface area contributed by atoms with Gasteiger partial charge in [0.2, 0.25) is 0 Å². The van der Waals surface area contributed by atoms with Crippen molar-refractivity contribution in [1.29, 1.82) is 0 Å². The number of hydrogen-bond donors (Lipinski definition) is 0. The lowest BCUT2D eigenvalue weighted by molar-refractivity contribution is -0.131. The first kappa shape index (κ1) is 18.4. The van der Waals surface area contributed by atoms with Crippen LogP contribution in [0.15, 0.2) is 48.5 Å². The van der Waals surface area contributed by atoms with Crippen LogP contribution in [0.5, 0.6) is 5.75 Å². The van der Waals surface area contributed by atoms with Gasteiger partial charge in [-0.2, -0.15) is 0 Å². The largest absolute Gasteiger partial charge is 0.426 e. The Morgan fingerprint density at radius 3 is 2.33 bits per heavy atom. The summed E-state index contributed by atoms with van der Waals surface area (Å²) in [6, 6.07) is 14.6. The van der Waals surface area contributed by atoms with Crippen LogP contribution in [0.2, 0.25) is 0 Å². The quantitative estimate of drug-likeness (QED) is 0.320. The zero-order valence-electron chi connectivity index (χ0n) is 13.8. The van der Waals surface area contributed by atoms with Crippen molar-refractivity contribution in [2.45, 2.75) is 24.8 Å². The SMILES string of the molecule is COC(c1ccccc1)C(Br)C(=O)c1cc(C)ccc1OC(C)=O. The highest BCUT2D eigenvalue weighted by Crippen LogP contribution is 2.31. The topological polar surface area (TPSA) is 52.6 Å². The first-order valence-corrected chi connectivity index (χ1v) is 8.40. The third kappa shape index (κ3) is 4.30. The summed E-state index contributed by atoms with van der Waals surface area (Å²) < 4.78 is 10.7. The molecule has 0 saturated carbocycles. The number of aryl methyl sites for hydroxylation is 1. The van der Waals surface area contributed by atoms with Crippen LogP contribution in [0.3, 0.4) is 0 Å². The van der Waals surface area contributed by atoms with Crippen molar-refractivity contribution in [3.63, 3.8) is 0 Å². The maximum absolute atomic E-state index is 13.0. The molecular weight excluding hydrogens is 372 g/mol. The molecule has 0 aliphatic heterocycles. The normalized spacial score (nSPS) is 13.2. The molecule has 0 radical (unpaired) electrons. The number of rotatable bonds is 6. The minimum Gasteiger partial charge on any atom is -0.426 e. The maximum Gasteiger partial charge on any atom is 0.308 e. The second-order valence-electron chi connectivity index (χ2n) is 5.43. The number of esters is 1. The highest BCUT2D eigenvalue weighted by Gasteiger charge is 2.30. The van der Waals surface area contributed by atoms with E-state index in [-0.39, 0.29) is 11.5 Å². The summed E-state index contributed by atoms with van der Waals surface area (Å²) in [6.07, 6.45) is -0.454. The van der Waals surface area contributed by atoms with E-state index in [4.69, 9.17) is 9.47 Å². The molecular formula is C19H19BrO4. The lowest BCUT2D eigenvalue weighted by Gasteiger charge is -2.21. The Morgan fingerprint density at radius 1 is 1.08 bits per heavy atom. The zero-order chi connectivity index (χ0) is 17.7. The summed E-state index contributed by atoms with van der Waals surface area (Å²) in [5.74, 6) is -0.415. The van der Waals surface area contributed by atoms with Crippen LogP contribution in [0.25, 0.3) is 0 Å². The minimum absolute atomic E-state index is 0.203. The van der Waals surface area contributed by atoms with Gasteiger partial charge in [0.1, 0.15) is 16.7 Å². The molecule has 2 atom stereocenters. The fourth-order valence-corrected chi connectivity index (χ4v) is 3.20. The highest BCUT2D eigenvalue weighted by molar-refractivity contribution is 9.10. The van der Waals surface area contributed by atoms with Gasteiger partial charge in [-0.05, 0) is 24.6 Å². The van der Waals surface area contributed by atoms with E-state index in [1.165, 1.54) is 6.92 Å². The van der Waals surface area contributed by atoms with Gasteiger partial charge in [-0.15, -0.1) is 0 Å². The van der Waals surface area contributed by atoms with Crippen molar-refractivity contribution in [2.75, 3.05) is 7.11 Å². The summed E-state index contributed by atoms with van der Waals surface area (Å²) >= 11 is 3.45. The number of ether oxygens (including phenoxy) is 2. The van der Waals surface area contributed by atoms with Crippen molar-refractivity contribution in [3.05, 3.63) is 65.2 Å². The Hall–Kier alpha value is -1.98. The molecule has 2 aromatic rings. The number of carbonyl (C=O) groups excluding carboxylic acids is 2. The summed E-state index contributed by atoms with van der Waals surface area (Å²) in [7, 11) is 1.56. The van der Waals surface area contributed by atoms with Gasteiger partial charge in [0, 0.05) is 14.0 Å². The van der Waals surface area contributed by atoms with Crippen LogP contribution < -0.4 is 4.74 Å². The lowest BCUT2D eigenvalue weighted by atomic mass is 9.98. The molecule has 2 rings (SSSR count). The fourth-order valence-electron chi connectivity index (χ4n) is 2.43.